The van der Waals surface area contributed by atoms with Gasteiger partial charge in [-0.15, -0.1) is 0 Å². The van der Waals surface area contributed by atoms with Gasteiger partial charge in [-0.25, -0.2) is 4.98 Å². The van der Waals surface area contributed by atoms with Gasteiger partial charge in [0.25, 0.3) is 0 Å². The monoisotopic (exact) mass is 456 g/mol. The van der Waals surface area contributed by atoms with Gasteiger partial charge in [-0.1, -0.05) is 36.9 Å². The molecule has 0 spiro atoms. The molecule has 6 aromatic rings. The van der Waals surface area contributed by atoms with E-state index < -0.39 is 0 Å². The zero-order chi connectivity index (χ0) is 24.1. The van der Waals surface area contributed by atoms with Gasteiger partial charge in [-0.05, 0) is 48.7 Å². The number of allylic oxidation sites excluding steroid dienone is 4. The Morgan fingerprint density at radius 2 is 1.83 bits per heavy atom. The highest BCUT2D eigenvalue weighted by Gasteiger charge is 2.20. The van der Waals surface area contributed by atoms with Gasteiger partial charge in [0.1, 0.15) is 5.58 Å². The van der Waals surface area contributed by atoms with Crippen LogP contribution in [-0.4, -0.2) is 22.8 Å². The van der Waals surface area contributed by atoms with Crippen LogP contribution in [-0.2, 0) is 0 Å². The van der Waals surface area contributed by atoms with Crippen molar-refractivity contribution in [2.45, 2.75) is 6.92 Å². The van der Waals surface area contributed by atoms with Gasteiger partial charge in [0.2, 0.25) is 0 Å². The van der Waals surface area contributed by atoms with E-state index in [2.05, 4.69) is 64.7 Å². The highest BCUT2D eigenvalue weighted by Crippen LogP contribution is 2.42. The normalized spacial score (nSPS) is 13.3. The maximum Gasteiger partial charge on any atom is 0.141 e. The summed E-state index contributed by atoms with van der Waals surface area (Å²) in [7, 11) is 1.76. The molecule has 0 atom stereocenters. The second kappa shape index (κ2) is 7.99. The van der Waals surface area contributed by atoms with Gasteiger partial charge in [0.05, 0.1) is 34.4 Å². The van der Waals surface area contributed by atoms with Gasteiger partial charge in [0, 0.05) is 52.2 Å². The number of nitrogens with two attached hydrogens (primary N) is 1. The molecule has 35 heavy (non-hydrogen) atoms. The highest BCUT2D eigenvalue weighted by molar-refractivity contribution is 6.29. The Labute approximate surface area is 202 Å². The smallest absolute Gasteiger partial charge is 0.141 e. The summed E-state index contributed by atoms with van der Waals surface area (Å²) in [6.45, 7) is 5.92. The molecule has 0 radical (unpaired) electrons. The molecule has 0 aliphatic rings. The number of nitrogens with zero attached hydrogens (tertiary/aromatic N) is 3. The van der Waals surface area contributed by atoms with Crippen LogP contribution in [0.1, 0.15) is 18.3 Å². The van der Waals surface area contributed by atoms with Crippen LogP contribution < -0.4 is 5.73 Å². The lowest BCUT2D eigenvalue weighted by Gasteiger charge is -2.13. The summed E-state index contributed by atoms with van der Waals surface area (Å²) in [6.07, 6.45) is 8.86. The molecule has 0 fully saturated rings. The number of rotatable bonds is 5. The molecule has 0 saturated carbocycles. The molecule has 170 valence electrons. The third-order valence-corrected chi connectivity index (χ3v) is 6.63. The van der Waals surface area contributed by atoms with Crippen molar-refractivity contribution in [1.29, 1.82) is 0 Å². The number of aliphatic imine (C=N–C) groups is 1. The second-order valence-electron chi connectivity index (χ2n) is 8.49. The van der Waals surface area contributed by atoms with Crippen molar-refractivity contribution in [3.8, 4) is 5.69 Å². The zero-order valence-corrected chi connectivity index (χ0v) is 19.6. The maximum absolute atomic E-state index is 5.94. The molecule has 0 amide bonds. The Morgan fingerprint density at radius 1 is 1.00 bits per heavy atom. The number of aromatic nitrogens is 2. The molecule has 3 aromatic heterocycles. The maximum atomic E-state index is 5.94. The fourth-order valence-electron chi connectivity index (χ4n) is 5.08. The summed E-state index contributed by atoms with van der Waals surface area (Å²) in [4.78, 5) is 9.14. The molecular weight excluding hydrogens is 432 g/mol. The lowest BCUT2D eigenvalue weighted by atomic mass is 10.0. The topological polar surface area (TPSA) is 69.3 Å². The van der Waals surface area contributed by atoms with Crippen LogP contribution in [0.4, 0.5) is 0 Å². The van der Waals surface area contributed by atoms with E-state index in [1.165, 1.54) is 16.2 Å². The van der Waals surface area contributed by atoms with Gasteiger partial charge in [-0.3, -0.25) is 4.99 Å². The van der Waals surface area contributed by atoms with Gasteiger partial charge < -0.3 is 14.7 Å². The van der Waals surface area contributed by atoms with E-state index >= 15 is 0 Å². The molecule has 6 rings (SSSR count). The Balaban J connectivity index is 1.79. The molecule has 3 aromatic carbocycles. The van der Waals surface area contributed by atoms with Crippen molar-refractivity contribution in [1.82, 2.24) is 9.55 Å². The molecular formula is C30H24N4O. The average molecular weight is 457 g/mol. The van der Waals surface area contributed by atoms with Crippen molar-refractivity contribution in [2.75, 3.05) is 7.05 Å². The van der Waals surface area contributed by atoms with E-state index in [1.54, 1.807) is 25.6 Å². The van der Waals surface area contributed by atoms with Crippen LogP contribution in [0, 0.1) is 0 Å². The predicted octanol–water partition coefficient (Wildman–Crippen LogP) is 7.11. The number of fused-ring (bicyclic) bond motifs is 2. The third kappa shape index (κ3) is 3.02. The molecule has 2 N–H and O–H groups in total. The number of benzene rings is 3. The molecule has 0 aliphatic carbocycles. The highest BCUT2D eigenvalue weighted by atomic mass is 16.3. The minimum Gasteiger partial charge on any atom is -0.464 e. The van der Waals surface area contributed by atoms with Crippen molar-refractivity contribution >= 4 is 60.9 Å². The lowest BCUT2D eigenvalue weighted by molar-refractivity contribution is 0.619. The zero-order valence-electron chi connectivity index (χ0n) is 19.6. The number of pyridine rings is 1. The van der Waals surface area contributed by atoms with E-state index in [0.717, 1.165) is 55.6 Å². The first-order valence-corrected chi connectivity index (χ1v) is 11.5. The summed E-state index contributed by atoms with van der Waals surface area (Å²) in [5.41, 5.74) is 13.4. The van der Waals surface area contributed by atoms with Crippen LogP contribution in [0.5, 0.6) is 0 Å². The van der Waals surface area contributed by atoms with E-state index in [-0.39, 0.29) is 0 Å². The summed E-state index contributed by atoms with van der Waals surface area (Å²) in [5, 5.41) is 5.79. The first-order chi connectivity index (χ1) is 17.2. The fraction of sp³-hybridized carbons (Fsp3) is 0.0667. The lowest BCUT2D eigenvalue weighted by Crippen LogP contribution is -2.02. The van der Waals surface area contributed by atoms with E-state index in [4.69, 9.17) is 15.1 Å². The summed E-state index contributed by atoms with van der Waals surface area (Å²) >= 11 is 0. The molecule has 0 bridgehead atoms. The first-order valence-electron chi connectivity index (χ1n) is 11.5. The summed E-state index contributed by atoms with van der Waals surface area (Å²) in [5.74, 6) is 0. The molecule has 0 aliphatic heterocycles. The first kappa shape index (κ1) is 20.9. The summed E-state index contributed by atoms with van der Waals surface area (Å²) < 4.78 is 8.19. The minimum absolute atomic E-state index is 0.752. The van der Waals surface area contributed by atoms with Crippen molar-refractivity contribution in [3.63, 3.8) is 0 Å². The fourth-order valence-corrected chi connectivity index (χ4v) is 5.08. The number of furan rings is 1. The van der Waals surface area contributed by atoms with Gasteiger partial charge in [-0.2, -0.15) is 0 Å². The van der Waals surface area contributed by atoms with E-state index in [9.17, 15) is 0 Å². The molecule has 3 heterocycles. The standard InChI is InChI=1S/C30H24N4O/c1-4-18(16-31)24-14-22(15-25(33-24)19(5-2)17-32-3)34-26-8-6-7-20-9-10-23-29(28(20)26)27(34)13-21-11-12-35-30(21)23/h4-17H,1,31H2,2-3H3/b18-16+,19-5+,32-17?. The average Bonchev–Trinajstić information content (AvgIpc) is 3.49. The van der Waals surface area contributed by atoms with Crippen LogP contribution in [0.3, 0.4) is 0 Å². The van der Waals surface area contributed by atoms with Gasteiger partial charge in [0.15, 0.2) is 0 Å². The molecule has 0 unspecified atom stereocenters. The second-order valence-corrected chi connectivity index (χ2v) is 8.49. The number of hydrogen-bond donors (Lipinski definition) is 1. The Hall–Kier alpha value is -4.64. The largest absolute Gasteiger partial charge is 0.464 e. The van der Waals surface area contributed by atoms with Crippen LogP contribution >= 0.6 is 0 Å². The van der Waals surface area contributed by atoms with Crippen LogP contribution in [0.2, 0.25) is 0 Å². The van der Waals surface area contributed by atoms with E-state index in [1.807, 2.05) is 25.3 Å². The van der Waals surface area contributed by atoms with Crippen LogP contribution in [0.25, 0.3) is 60.4 Å². The molecule has 5 heteroatoms. The predicted molar refractivity (Wildman–Crippen MR) is 147 cm³/mol. The quantitative estimate of drug-likeness (QED) is 0.171. The molecule has 0 saturated heterocycles. The van der Waals surface area contributed by atoms with Crippen molar-refractivity contribution < 1.29 is 4.42 Å². The van der Waals surface area contributed by atoms with Crippen LogP contribution in [0.15, 0.2) is 95.2 Å². The van der Waals surface area contributed by atoms with E-state index in [0.29, 0.717) is 0 Å². The van der Waals surface area contributed by atoms with Crippen molar-refractivity contribution in [2.24, 2.45) is 10.7 Å². The summed E-state index contributed by atoms with van der Waals surface area (Å²) in [6, 6.07) is 19.1. The van der Waals surface area contributed by atoms with Gasteiger partial charge >= 0.3 is 0 Å². The third-order valence-electron chi connectivity index (χ3n) is 6.63. The molecule has 5 nitrogen and oxygen atoms in total. The number of hydrogen-bond acceptors (Lipinski definition) is 4. The minimum atomic E-state index is 0.752. The van der Waals surface area contributed by atoms with Crippen molar-refractivity contribution in [3.05, 3.63) is 97.2 Å². The Morgan fingerprint density at radius 3 is 2.57 bits per heavy atom. The Kier molecular flexibility index (Phi) is 4.78. The Bertz CT molecular complexity index is 1850. The SMILES string of the molecule is C=C/C(=C\N)c1cc(-n2c3cccc4ccc5c6occc6cc2c5c43)cc(/C(C=NC)=C/C)n1.